The summed E-state index contributed by atoms with van der Waals surface area (Å²) in [6.45, 7) is 9.73. The van der Waals surface area contributed by atoms with E-state index in [9.17, 15) is 5.11 Å². The Morgan fingerprint density at radius 3 is 2.35 bits per heavy atom. The monoisotopic (exact) mass is 236 g/mol. The maximum Gasteiger partial charge on any atom is 0.0814 e. The Labute approximate surface area is 105 Å². The third-order valence-electron chi connectivity index (χ3n) is 3.13. The van der Waals surface area contributed by atoms with Crippen LogP contribution >= 0.6 is 0 Å². The molecule has 17 heavy (non-hydrogen) atoms. The molecule has 0 heterocycles. The zero-order valence-corrected chi connectivity index (χ0v) is 11.4. The van der Waals surface area contributed by atoms with Crippen molar-refractivity contribution in [1.82, 2.24) is 0 Å². The molecule has 0 bridgehead atoms. The van der Waals surface area contributed by atoms with Crippen LogP contribution in [-0.4, -0.2) is 18.3 Å². The maximum absolute atomic E-state index is 10.1. The van der Waals surface area contributed by atoms with Gasteiger partial charge in [-0.25, -0.2) is 0 Å². The standard InChI is InChI=1S/C15H24O2/c1-5-7-17-8-6-15(16)14-10-12(3)11(2)9-13(14)4/h9-10,15-16H,5-8H2,1-4H3. The molecule has 0 radical (unpaired) electrons. The minimum Gasteiger partial charge on any atom is -0.388 e. The molecule has 0 aromatic heterocycles. The van der Waals surface area contributed by atoms with E-state index in [2.05, 4.69) is 39.8 Å². The van der Waals surface area contributed by atoms with E-state index < -0.39 is 6.10 Å². The van der Waals surface area contributed by atoms with Crippen LogP contribution in [0.4, 0.5) is 0 Å². The quantitative estimate of drug-likeness (QED) is 0.766. The van der Waals surface area contributed by atoms with Crippen LogP contribution in [0.5, 0.6) is 0 Å². The Bertz CT molecular complexity index is 358. The summed E-state index contributed by atoms with van der Waals surface area (Å²) in [5, 5.41) is 10.1. The first-order chi connectivity index (χ1) is 8.06. The summed E-state index contributed by atoms with van der Waals surface area (Å²) in [5.41, 5.74) is 4.71. The normalized spacial score (nSPS) is 12.8. The Morgan fingerprint density at radius 1 is 1.06 bits per heavy atom. The van der Waals surface area contributed by atoms with Crippen LogP contribution in [0, 0.1) is 20.8 Å². The van der Waals surface area contributed by atoms with Crippen molar-refractivity contribution in [3.8, 4) is 0 Å². The number of hydrogen-bond donors (Lipinski definition) is 1. The number of ether oxygens (including phenoxy) is 1. The SMILES string of the molecule is CCCOCCC(O)c1cc(C)c(C)cc1C. The van der Waals surface area contributed by atoms with Crippen LogP contribution < -0.4 is 0 Å². The van der Waals surface area contributed by atoms with E-state index in [1.54, 1.807) is 0 Å². The van der Waals surface area contributed by atoms with Crippen molar-refractivity contribution in [2.45, 2.75) is 46.6 Å². The first kappa shape index (κ1) is 14.2. The zero-order valence-electron chi connectivity index (χ0n) is 11.4. The molecule has 0 saturated heterocycles. The summed E-state index contributed by atoms with van der Waals surface area (Å²) in [5.74, 6) is 0. The van der Waals surface area contributed by atoms with Gasteiger partial charge in [0.15, 0.2) is 0 Å². The summed E-state index contributed by atoms with van der Waals surface area (Å²) >= 11 is 0. The summed E-state index contributed by atoms with van der Waals surface area (Å²) in [4.78, 5) is 0. The van der Waals surface area contributed by atoms with Crippen LogP contribution in [0.1, 0.15) is 48.1 Å². The highest BCUT2D eigenvalue weighted by Crippen LogP contribution is 2.23. The van der Waals surface area contributed by atoms with E-state index in [0.717, 1.165) is 24.2 Å². The van der Waals surface area contributed by atoms with Crippen molar-refractivity contribution < 1.29 is 9.84 Å². The summed E-state index contributed by atoms with van der Waals surface area (Å²) < 4.78 is 5.41. The molecule has 1 unspecified atom stereocenters. The summed E-state index contributed by atoms with van der Waals surface area (Å²) in [6.07, 6.45) is 1.29. The highest BCUT2D eigenvalue weighted by molar-refractivity contribution is 5.37. The molecule has 1 atom stereocenters. The second kappa shape index (κ2) is 6.77. The number of benzene rings is 1. The molecule has 0 aliphatic rings. The predicted molar refractivity (Wildman–Crippen MR) is 71.3 cm³/mol. The molecule has 2 nitrogen and oxygen atoms in total. The Balaban J connectivity index is 2.62. The Hall–Kier alpha value is -0.860. The van der Waals surface area contributed by atoms with E-state index in [0.29, 0.717) is 13.0 Å². The van der Waals surface area contributed by atoms with Crippen molar-refractivity contribution in [3.63, 3.8) is 0 Å². The summed E-state index contributed by atoms with van der Waals surface area (Å²) in [7, 11) is 0. The predicted octanol–water partition coefficient (Wildman–Crippen LogP) is 3.46. The molecule has 1 N–H and O–H groups in total. The minimum absolute atomic E-state index is 0.411. The van der Waals surface area contributed by atoms with Crippen molar-refractivity contribution in [2.24, 2.45) is 0 Å². The van der Waals surface area contributed by atoms with Crippen molar-refractivity contribution in [1.29, 1.82) is 0 Å². The molecule has 1 aromatic rings. The third kappa shape index (κ3) is 4.14. The van der Waals surface area contributed by atoms with Crippen LogP contribution in [0.2, 0.25) is 0 Å². The van der Waals surface area contributed by atoms with Gasteiger partial charge in [-0.05, 0) is 49.4 Å². The molecule has 1 rings (SSSR count). The molecule has 2 heteroatoms. The average Bonchev–Trinajstić information content (AvgIpc) is 2.29. The lowest BCUT2D eigenvalue weighted by Crippen LogP contribution is -2.06. The molecule has 0 amide bonds. The Morgan fingerprint density at radius 2 is 1.71 bits per heavy atom. The number of aryl methyl sites for hydroxylation is 3. The fourth-order valence-corrected chi connectivity index (χ4v) is 1.94. The first-order valence-electron chi connectivity index (χ1n) is 6.39. The van der Waals surface area contributed by atoms with Gasteiger partial charge >= 0.3 is 0 Å². The Kier molecular flexibility index (Phi) is 5.66. The van der Waals surface area contributed by atoms with Gasteiger partial charge in [0.05, 0.1) is 6.10 Å². The van der Waals surface area contributed by atoms with Crippen LogP contribution in [0.3, 0.4) is 0 Å². The maximum atomic E-state index is 10.1. The largest absolute Gasteiger partial charge is 0.388 e. The lowest BCUT2D eigenvalue weighted by Gasteiger charge is -2.16. The van der Waals surface area contributed by atoms with Gasteiger partial charge in [0.25, 0.3) is 0 Å². The topological polar surface area (TPSA) is 29.5 Å². The molecular formula is C15H24O2. The third-order valence-corrected chi connectivity index (χ3v) is 3.13. The molecule has 96 valence electrons. The minimum atomic E-state index is -0.411. The first-order valence-corrected chi connectivity index (χ1v) is 6.39. The van der Waals surface area contributed by atoms with Gasteiger partial charge in [-0.15, -0.1) is 0 Å². The second-order valence-corrected chi connectivity index (χ2v) is 4.71. The van der Waals surface area contributed by atoms with Gasteiger partial charge in [0.2, 0.25) is 0 Å². The van der Waals surface area contributed by atoms with E-state index in [-0.39, 0.29) is 0 Å². The smallest absolute Gasteiger partial charge is 0.0814 e. The van der Waals surface area contributed by atoms with Crippen molar-refractivity contribution in [2.75, 3.05) is 13.2 Å². The van der Waals surface area contributed by atoms with E-state index in [4.69, 9.17) is 4.74 Å². The highest BCUT2D eigenvalue weighted by atomic mass is 16.5. The van der Waals surface area contributed by atoms with Gasteiger partial charge in [0.1, 0.15) is 0 Å². The van der Waals surface area contributed by atoms with Crippen LogP contribution in [-0.2, 0) is 4.74 Å². The van der Waals surface area contributed by atoms with Gasteiger partial charge in [-0.3, -0.25) is 0 Å². The van der Waals surface area contributed by atoms with E-state index in [1.165, 1.54) is 11.1 Å². The lowest BCUT2D eigenvalue weighted by atomic mass is 9.96. The average molecular weight is 236 g/mol. The van der Waals surface area contributed by atoms with Crippen LogP contribution in [0.25, 0.3) is 0 Å². The van der Waals surface area contributed by atoms with Gasteiger partial charge in [0, 0.05) is 19.6 Å². The number of hydrogen-bond acceptors (Lipinski definition) is 2. The van der Waals surface area contributed by atoms with Gasteiger partial charge < -0.3 is 9.84 Å². The number of aliphatic hydroxyl groups is 1. The fourth-order valence-electron chi connectivity index (χ4n) is 1.94. The van der Waals surface area contributed by atoms with Gasteiger partial charge in [-0.1, -0.05) is 19.1 Å². The molecule has 0 spiro atoms. The van der Waals surface area contributed by atoms with E-state index in [1.807, 2.05) is 0 Å². The fraction of sp³-hybridized carbons (Fsp3) is 0.600. The molecular weight excluding hydrogens is 212 g/mol. The highest BCUT2D eigenvalue weighted by Gasteiger charge is 2.11. The molecule has 0 aliphatic heterocycles. The molecule has 0 aliphatic carbocycles. The lowest BCUT2D eigenvalue weighted by molar-refractivity contribution is 0.0819. The molecule has 1 aromatic carbocycles. The molecule has 0 fully saturated rings. The summed E-state index contributed by atoms with van der Waals surface area (Å²) in [6, 6.07) is 4.23. The number of aliphatic hydroxyl groups excluding tert-OH is 1. The van der Waals surface area contributed by atoms with Crippen LogP contribution in [0.15, 0.2) is 12.1 Å². The molecule has 0 saturated carbocycles. The zero-order chi connectivity index (χ0) is 12.8. The van der Waals surface area contributed by atoms with E-state index >= 15 is 0 Å². The number of rotatable bonds is 6. The van der Waals surface area contributed by atoms with Gasteiger partial charge in [-0.2, -0.15) is 0 Å². The van der Waals surface area contributed by atoms with Crippen molar-refractivity contribution >= 4 is 0 Å². The second-order valence-electron chi connectivity index (χ2n) is 4.71. The van der Waals surface area contributed by atoms with Crippen molar-refractivity contribution in [3.05, 3.63) is 34.4 Å².